The third kappa shape index (κ3) is 3.13. The average molecular weight is 338 g/mol. The predicted octanol–water partition coefficient (Wildman–Crippen LogP) is 3.56. The Bertz CT molecular complexity index is 713. The molecule has 5 nitrogen and oxygen atoms in total. The van der Waals surface area contributed by atoms with E-state index in [0.717, 1.165) is 23.8 Å². The molecule has 22 heavy (non-hydrogen) atoms. The summed E-state index contributed by atoms with van der Waals surface area (Å²) in [6, 6.07) is 5.57. The molecule has 0 atom stereocenters. The zero-order valence-electron chi connectivity index (χ0n) is 12.4. The first-order chi connectivity index (χ1) is 10.6. The van der Waals surface area contributed by atoms with Crippen molar-refractivity contribution in [1.82, 2.24) is 14.8 Å². The Balaban J connectivity index is 1.69. The molecule has 1 aromatic heterocycles. The normalized spacial score (nSPS) is 14.1. The summed E-state index contributed by atoms with van der Waals surface area (Å²) >= 11 is 7.48. The van der Waals surface area contributed by atoms with E-state index in [9.17, 15) is 4.79 Å². The Morgan fingerprint density at radius 3 is 2.86 bits per heavy atom. The number of carbonyl (C=O) groups excluding carboxylic acids is 1. The van der Waals surface area contributed by atoms with Crippen molar-refractivity contribution < 1.29 is 9.53 Å². The highest BCUT2D eigenvalue weighted by atomic mass is 35.5. The highest BCUT2D eigenvalue weighted by Crippen LogP contribution is 2.38. The van der Waals surface area contributed by atoms with E-state index < -0.39 is 0 Å². The van der Waals surface area contributed by atoms with Gasteiger partial charge in [-0.15, -0.1) is 10.2 Å². The summed E-state index contributed by atoms with van der Waals surface area (Å²) in [5, 5.41) is 9.53. The van der Waals surface area contributed by atoms with Crippen molar-refractivity contribution in [3.63, 3.8) is 0 Å². The number of aromatic nitrogens is 3. The molecule has 7 heteroatoms. The van der Waals surface area contributed by atoms with Crippen molar-refractivity contribution in [2.75, 3.05) is 12.9 Å². The van der Waals surface area contributed by atoms with E-state index in [-0.39, 0.29) is 5.78 Å². The van der Waals surface area contributed by atoms with Crippen molar-refractivity contribution in [3.8, 4) is 5.75 Å². The number of ketones is 1. The quantitative estimate of drug-likeness (QED) is 0.596. The molecule has 0 N–H and O–H groups in total. The third-order valence-electron chi connectivity index (χ3n) is 3.55. The largest absolute Gasteiger partial charge is 0.495 e. The minimum Gasteiger partial charge on any atom is -0.495 e. The molecule has 1 heterocycles. The fourth-order valence-corrected chi connectivity index (χ4v) is 3.46. The van der Waals surface area contributed by atoms with Gasteiger partial charge in [-0.2, -0.15) is 0 Å². The standard InChI is InChI=1S/C15H16ClN3O2S/c1-9-17-18-15(19(9)11-4-5-11)22-8-13(20)10-3-6-14(21-2)12(16)7-10/h3,6-7,11H,4-5,8H2,1-2H3. The molecule has 0 unspecified atom stereocenters. The molecule has 0 amide bonds. The summed E-state index contributed by atoms with van der Waals surface area (Å²) in [6.07, 6.45) is 2.32. The molecule has 0 spiro atoms. The molecule has 0 radical (unpaired) electrons. The van der Waals surface area contributed by atoms with Crippen LogP contribution in [0.3, 0.4) is 0 Å². The number of nitrogens with zero attached hydrogens (tertiary/aromatic N) is 3. The van der Waals surface area contributed by atoms with E-state index in [0.29, 0.717) is 28.1 Å². The number of carbonyl (C=O) groups is 1. The lowest BCUT2D eigenvalue weighted by molar-refractivity contribution is 0.102. The number of Topliss-reactive ketones (excluding diaryl/α,β-unsaturated/α-hetero) is 1. The Labute approximate surface area is 138 Å². The Morgan fingerprint density at radius 1 is 1.45 bits per heavy atom. The SMILES string of the molecule is COc1ccc(C(=O)CSc2nnc(C)n2C2CC2)cc1Cl. The van der Waals surface area contributed by atoms with Crippen LogP contribution in [-0.2, 0) is 0 Å². The number of aryl methyl sites for hydroxylation is 1. The number of hydrogen-bond acceptors (Lipinski definition) is 5. The van der Waals surface area contributed by atoms with Crippen molar-refractivity contribution >= 4 is 29.1 Å². The second-order valence-corrected chi connectivity index (χ2v) is 6.54. The average Bonchev–Trinajstić information content (AvgIpc) is 3.28. The number of benzene rings is 1. The van der Waals surface area contributed by atoms with Crippen LogP contribution in [0.5, 0.6) is 5.75 Å². The van der Waals surface area contributed by atoms with Crippen LogP contribution in [0.25, 0.3) is 0 Å². The van der Waals surface area contributed by atoms with Gasteiger partial charge in [-0.25, -0.2) is 0 Å². The monoisotopic (exact) mass is 337 g/mol. The van der Waals surface area contributed by atoms with Crippen LogP contribution in [0.2, 0.25) is 5.02 Å². The predicted molar refractivity (Wildman–Crippen MR) is 86.1 cm³/mol. The number of rotatable bonds is 6. The zero-order chi connectivity index (χ0) is 15.7. The maximum absolute atomic E-state index is 12.3. The number of halogens is 1. The zero-order valence-corrected chi connectivity index (χ0v) is 13.9. The van der Waals surface area contributed by atoms with E-state index in [1.54, 1.807) is 25.3 Å². The number of ether oxygens (including phenoxy) is 1. The molecule has 1 aliphatic carbocycles. The van der Waals surface area contributed by atoms with Crippen LogP contribution < -0.4 is 4.74 Å². The number of hydrogen-bond donors (Lipinski definition) is 0. The minimum atomic E-state index is 0.0116. The van der Waals surface area contributed by atoms with Crippen molar-refractivity contribution in [2.24, 2.45) is 0 Å². The topological polar surface area (TPSA) is 57.0 Å². The van der Waals surface area contributed by atoms with E-state index in [4.69, 9.17) is 16.3 Å². The van der Waals surface area contributed by atoms with Gasteiger partial charge >= 0.3 is 0 Å². The molecule has 0 aliphatic heterocycles. The summed E-state index contributed by atoms with van der Waals surface area (Å²) in [4.78, 5) is 12.3. The first-order valence-electron chi connectivity index (χ1n) is 7.01. The highest BCUT2D eigenvalue weighted by Gasteiger charge is 2.28. The number of thioether (sulfide) groups is 1. The van der Waals surface area contributed by atoms with Gasteiger partial charge in [0.2, 0.25) is 0 Å². The molecular formula is C15H16ClN3O2S. The molecule has 1 aromatic carbocycles. The van der Waals surface area contributed by atoms with Gasteiger partial charge in [-0.05, 0) is 38.0 Å². The van der Waals surface area contributed by atoms with Crippen LogP contribution in [-0.4, -0.2) is 33.4 Å². The maximum Gasteiger partial charge on any atom is 0.191 e. The lowest BCUT2D eigenvalue weighted by atomic mass is 10.1. The van der Waals surface area contributed by atoms with Gasteiger partial charge < -0.3 is 9.30 Å². The van der Waals surface area contributed by atoms with Crippen LogP contribution in [0.1, 0.15) is 35.1 Å². The van der Waals surface area contributed by atoms with Gasteiger partial charge in [0.25, 0.3) is 0 Å². The second kappa shape index (κ2) is 6.30. The fourth-order valence-electron chi connectivity index (χ4n) is 2.25. The summed E-state index contributed by atoms with van der Waals surface area (Å²) in [6.45, 7) is 1.94. The lowest BCUT2D eigenvalue weighted by Gasteiger charge is -2.07. The van der Waals surface area contributed by atoms with Gasteiger partial charge in [0.05, 0.1) is 17.9 Å². The smallest absolute Gasteiger partial charge is 0.191 e. The van der Waals surface area contributed by atoms with Gasteiger partial charge in [0, 0.05) is 11.6 Å². The van der Waals surface area contributed by atoms with Crippen LogP contribution in [0.4, 0.5) is 0 Å². The Hall–Kier alpha value is -1.53. The van der Waals surface area contributed by atoms with Gasteiger partial charge in [0.15, 0.2) is 10.9 Å². The summed E-state index contributed by atoms with van der Waals surface area (Å²) in [7, 11) is 1.55. The first kappa shape index (κ1) is 15.4. The molecule has 116 valence electrons. The Morgan fingerprint density at radius 2 is 2.23 bits per heavy atom. The maximum atomic E-state index is 12.3. The number of methoxy groups -OCH3 is 1. The lowest BCUT2D eigenvalue weighted by Crippen LogP contribution is -2.05. The van der Waals surface area contributed by atoms with E-state index in [2.05, 4.69) is 14.8 Å². The first-order valence-corrected chi connectivity index (χ1v) is 8.37. The van der Waals surface area contributed by atoms with Crippen LogP contribution in [0, 0.1) is 6.92 Å². The van der Waals surface area contributed by atoms with Gasteiger partial charge in [-0.3, -0.25) is 4.79 Å². The molecule has 0 saturated heterocycles. The summed E-state index contributed by atoms with van der Waals surface area (Å²) in [5.74, 6) is 1.80. The van der Waals surface area contributed by atoms with E-state index in [1.807, 2.05) is 6.92 Å². The molecule has 1 fully saturated rings. The van der Waals surface area contributed by atoms with Crippen molar-refractivity contribution in [3.05, 3.63) is 34.6 Å². The van der Waals surface area contributed by atoms with Crippen LogP contribution in [0.15, 0.2) is 23.4 Å². The molecule has 1 saturated carbocycles. The Kier molecular flexibility index (Phi) is 4.40. The minimum absolute atomic E-state index is 0.0116. The summed E-state index contributed by atoms with van der Waals surface area (Å²) in [5.41, 5.74) is 0.576. The molecule has 0 bridgehead atoms. The van der Waals surface area contributed by atoms with Gasteiger partial charge in [-0.1, -0.05) is 23.4 Å². The molecule has 3 rings (SSSR count). The molecule has 2 aromatic rings. The third-order valence-corrected chi connectivity index (χ3v) is 4.79. The molecular weight excluding hydrogens is 322 g/mol. The van der Waals surface area contributed by atoms with Crippen molar-refractivity contribution in [1.29, 1.82) is 0 Å². The fraction of sp³-hybridized carbons (Fsp3) is 0.400. The van der Waals surface area contributed by atoms with Crippen LogP contribution >= 0.6 is 23.4 Å². The second-order valence-electron chi connectivity index (χ2n) is 5.19. The van der Waals surface area contributed by atoms with E-state index in [1.165, 1.54) is 11.8 Å². The molecule has 1 aliphatic rings. The van der Waals surface area contributed by atoms with E-state index >= 15 is 0 Å². The van der Waals surface area contributed by atoms with Gasteiger partial charge in [0.1, 0.15) is 11.6 Å². The highest BCUT2D eigenvalue weighted by molar-refractivity contribution is 7.99. The summed E-state index contributed by atoms with van der Waals surface area (Å²) < 4.78 is 7.21. The van der Waals surface area contributed by atoms with Crippen molar-refractivity contribution in [2.45, 2.75) is 31.0 Å².